The molecule has 0 N–H and O–H groups in total. The summed E-state index contributed by atoms with van der Waals surface area (Å²) in [7, 11) is 0. The van der Waals surface area contributed by atoms with Crippen LogP contribution in [0, 0.1) is 5.82 Å². The maximum Gasteiger partial charge on any atom is 0.141 e. The van der Waals surface area contributed by atoms with Crippen molar-refractivity contribution < 1.29 is 8.78 Å². The van der Waals surface area contributed by atoms with Gasteiger partial charge in [-0.05, 0) is 40.2 Å². The standard InChI is InChI=1S/C10H6BrF2NS/c11-10-9(14-8(5-12)15-10)6-1-3-7(13)4-2-6/h1-4H,5H2. The van der Waals surface area contributed by atoms with Gasteiger partial charge in [0.05, 0.1) is 9.48 Å². The van der Waals surface area contributed by atoms with Crippen LogP contribution in [0.5, 0.6) is 0 Å². The van der Waals surface area contributed by atoms with E-state index in [2.05, 4.69) is 20.9 Å². The Kier molecular flexibility index (Phi) is 3.11. The fourth-order valence-corrected chi connectivity index (χ4v) is 2.72. The molecule has 5 heteroatoms. The number of aromatic nitrogens is 1. The normalized spacial score (nSPS) is 10.6. The van der Waals surface area contributed by atoms with Crippen molar-refractivity contribution in [1.29, 1.82) is 0 Å². The van der Waals surface area contributed by atoms with E-state index >= 15 is 0 Å². The summed E-state index contributed by atoms with van der Waals surface area (Å²) < 4.78 is 25.8. The average Bonchev–Trinajstić information content (AvgIpc) is 2.61. The summed E-state index contributed by atoms with van der Waals surface area (Å²) in [4.78, 5) is 4.10. The van der Waals surface area contributed by atoms with Crippen LogP contribution in [0.2, 0.25) is 0 Å². The molecule has 0 bridgehead atoms. The molecule has 1 heterocycles. The van der Waals surface area contributed by atoms with Gasteiger partial charge in [0, 0.05) is 5.56 Å². The molecule has 0 fully saturated rings. The largest absolute Gasteiger partial charge is 0.243 e. The lowest BCUT2D eigenvalue weighted by Crippen LogP contribution is -1.81. The minimum Gasteiger partial charge on any atom is -0.243 e. The van der Waals surface area contributed by atoms with Crippen LogP contribution in [-0.4, -0.2) is 4.98 Å². The molecule has 0 atom stereocenters. The number of benzene rings is 1. The lowest BCUT2D eigenvalue weighted by atomic mass is 10.2. The first kappa shape index (κ1) is 10.7. The van der Waals surface area contributed by atoms with Gasteiger partial charge in [0.2, 0.25) is 0 Å². The first-order valence-electron chi connectivity index (χ1n) is 4.18. The SMILES string of the molecule is FCc1nc(-c2ccc(F)cc2)c(Br)s1. The number of nitrogens with zero attached hydrogens (tertiary/aromatic N) is 1. The van der Waals surface area contributed by atoms with Crippen LogP contribution in [0.1, 0.15) is 5.01 Å². The van der Waals surface area contributed by atoms with Gasteiger partial charge in [0.1, 0.15) is 17.5 Å². The van der Waals surface area contributed by atoms with Crippen LogP contribution < -0.4 is 0 Å². The first-order valence-corrected chi connectivity index (χ1v) is 5.79. The number of hydrogen-bond donors (Lipinski definition) is 0. The Morgan fingerprint density at radius 3 is 2.47 bits per heavy atom. The van der Waals surface area contributed by atoms with Gasteiger partial charge in [-0.3, -0.25) is 0 Å². The van der Waals surface area contributed by atoms with Crippen molar-refractivity contribution in [3.8, 4) is 11.3 Å². The quantitative estimate of drug-likeness (QED) is 0.808. The molecule has 0 spiro atoms. The lowest BCUT2D eigenvalue weighted by molar-refractivity contribution is 0.484. The fourth-order valence-electron chi connectivity index (χ4n) is 1.19. The first-order chi connectivity index (χ1) is 7.20. The molecule has 0 aliphatic heterocycles. The topological polar surface area (TPSA) is 12.9 Å². The van der Waals surface area contributed by atoms with E-state index < -0.39 is 6.67 Å². The van der Waals surface area contributed by atoms with E-state index in [1.807, 2.05) is 0 Å². The van der Waals surface area contributed by atoms with E-state index in [-0.39, 0.29) is 5.82 Å². The molecular weight excluding hydrogens is 284 g/mol. The zero-order valence-electron chi connectivity index (χ0n) is 7.51. The van der Waals surface area contributed by atoms with Crippen molar-refractivity contribution in [3.63, 3.8) is 0 Å². The van der Waals surface area contributed by atoms with Crippen molar-refractivity contribution in [2.45, 2.75) is 6.67 Å². The van der Waals surface area contributed by atoms with Crippen LogP contribution in [0.4, 0.5) is 8.78 Å². The molecule has 0 aliphatic carbocycles. The van der Waals surface area contributed by atoms with Gasteiger partial charge in [-0.15, -0.1) is 11.3 Å². The van der Waals surface area contributed by atoms with Crippen molar-refractivity contribution in [2.75, 3.05) is 0 Å². The highest BCUT2D eigenvalue weighted by atomic mass is 79.9. The van der Waals surface area contributed by atoms with E-state index in [0.717, 1.165) is 9.35 Å². The molecular formula is C10H6BrF2NS. The Balaban J connectivity index is 2.44. The smallest absolute Gasteiger partial charge is 0.141 e. The molecule has 1 aromatic carbocycles. The minimum atomic E-state index is -0.579. The highest BCUT2D eigenvalue weighted by molar-refractivity contribution is 9.11. The predicted octanol–water partition coefficient (Wildman–Crippen LogP) is 4.18. The second kappa shape index (κ2) is 4.37. The van der Waals surface area contributed by atoms with Gasteiger partial charge < -0.3 is 0 Å². The summed E-state index contributed by atoms with van der Waals surface area (Å²) in [5.41, 5.74) is 1.44. The Bertz CT molecular complexity index is 467. The minimum absolute atomic E-state index is 0.296. The second-order valence-corrected chi connectivity index (χ2v) is 5.27. The monoisotopic (exact) mass is 289 g/mol. The molecule has 0 aliphatic rings. The molecule has 2 aromatic rings. The molecule has 0 unspecified atom stereocenters. The summed E-state index contributed by atoms with van der Waals surface area (Å²) in [6.45, 7) is -0.579. The summed E-state index contributed by atoms with van der Waals surface area (Å²) in [6.07, 6.45) is 0. The zero-order chi connectivity index (χ0) is 10.8. The number of rotatable bonds is 2. The van der Waals surface area contributed by atoms with E-state index in [1.54, 1.807) is 12.1 Å². The van der Waals surface area contributed by atoms with Gasteiger partial charge in [-0.2, -0.15) is 0 Å². The third-order valence-corrected chi connectivity index (χ3v) is 3.53. The Labute approximate surface area is 97.9 Å². The van der Waals surface area contributed by atoms with Crippen molar-refractivity contribution in [2.24, 2.45) is 0 Å². The van der Waals surface area contributed by atoms with Crippen LogP contribution in [0.3, 0.4) is 0 Å². The van der Waals surface area contributed by atoms with Crippen molar-refractivity contribution >= 4 is 27.3 Å². The molecule has 1 aromatic heterocycles. The molecule has 0 amide bonds. The summed E-state index contributed by atoms with van der Waals surface area (Å²) >= 11 is 4.56. The Hall–Kier alpha value is -0.810. The number of halogens is 3. The molecule has 15 heavy (non-hydrogen) atoms. The van der Waals surface area contributed by atoms with Crippen molar-refractivity contribution in [1.82, 2.24) is 4.98 Å². The van der Waals surface area contributed by atoms with Gasteiger partial charge in [-0.1, -0.05) is 0 Å². The number of hydrogen-bond acceptors (Lipinski definition) is 2. The lowest BCUT2D eigenvalue weighted by Gasteiger charge is -1.96. The summed E-state index contributed by atoms with van der Waals surface area (Å²) in [5.74, 6) is -0.296. The number of alkyl halides is 1. The van der Waals surface area contributed by atoms with E-state index in [0.29, 0.717) is 10.7 Å². The van der Waals surface area contributed by atoms with Crippen LogP contribution in [-0.2, 0) is 6.67 Å². The van der Waals surface area contributed by atoms with E-state index in [1.165, 1.54) is 23.5 Å². The van der Waals surface area contributed by atoms with Crippen LogP contribution >= 0.6 is 27.3 Å². The molecule has 2 rings (SSSR count). The predicted molar refractivity (Wildman–Crippen MR) is 60.0 cm³/mol. The fraction of sp³-hybridized carbons (Fsp3) is 0.100. The average molecular weight is 290 g/mol. The molecule has 78 valence electrons. The second-order valence-electron chi connectivity index (χ2n) is 2.87. The Morgan fingerprint density at radius 2 is 1.93 bits per heavy atom. The summed E-state index contributed by atoms with van der Waals surface area (Å²) in [6, 6.07) is 5.96. The summed E-state index contributed by atoms with van der Waals surface area (Å²) in [5, 5.41) is 0.418. The Morgan fingerprint density at radius 1 is 1.27 bits per heavy atom. The van der Waals surface area contributed by atoms with Gasteiger partial charge in [0.15, 0.2) is 0 Å². The number of thiazole rings is 1. The van der Waals surface area contributed by atoms with Gasteiger partial charge in [-0.25, -0.2) is 13.8 Å². The van der Waals surface area contributed by atoms with Gasteiger partial charge in [0.25, 0.3) is 0 Å². The third-order valence-electron chi connectivity index (χ3n) is 1.86. The molecule has 0 radical (unpaired) electrons. The molecule has 0 saturated heterocycles. The highest BCUT2D eigenvalue weighted by Gasteiger charge is 2.10. The highest BCUT2D eigenvalue weighted by Crippen LogP contribution is 2.33. The van der Waals surface area contributed by atoms with Gasteiger partial charge >= 0.3 is 0 Å². The van der Waals surface area contributed by atoms with Crippen LogP contribution in [0.15, 0.2) is 28.1 Å². The van der Waals surface area contributed by atoms with E-state index in [4.69, 9.17) is 0 Å². The molecule has 1 nitrogen and oxygen atoms in total. The van der Waals surface area contributed by atoms with E-state index in [9.17, 15) is 8.78 Å². The third kappa shape index (κ3) is 2.23. The maximum atomic E-state index is 12.7. The van der Waals surface area contributed by atoms with Crippen molar-refractivity contribution in [3.05, 3.63) is 38.9 Å². The maximum absolute atomic E-state index is 12.7. The molecule has 0 saturated carbocycles. The zero-order valence-corrected chi connectivity index (χ0v) is 9.91. The van der Waals surface area contributed by atoms with Crippen LogP contribution in [0.25, 0.3) is 11.3 Å².